The lowest BCUT2D eigenvalue weighted by Gasteiger charge is -2.15. The van der Waals surface area contributed by atoms with Crippen LogP contribution in [0.15, 0.2) is 36.4 Å². The van der Waals surface area contributed by atoms with Crippen LogP contribution < -0.4 is 4.74 Å². The van der Waals surface area contributed by atoms with Gasteiger partial charge in [-0.25, -0.2) is 0 Å². The first-order chi connectivity index (χ1) is 10.9. The van der Waals surface area contributed by atoms with Crippen molar-refractivity contribution >= 4 is 11.6 Å². The van der Waals surface area contributed by atoms with Gasteiger partial charge in [-0.1, -0.05) is 23.7 Å². The SMILES string of the molecule is COc1ccc(CN2Cc3cc(Cl)cc(C(F)(F)F)c3C2)cc1. The Hall–Kier alpha value is -1.72. The molecule has 0 spiro atoms. The highest BCUT2D eigenvalue weighted by Gasteiger charge is 2.37. The number of fused-ring (bicyclic) bond motifs is 1. The van der Waals surface area contributed by atoms with E-state index >= 15 is 0 Å². The number of ether oxygens (including phenoxy) is 1. The molecule has 23 heavy (non-hydrogen) atoms. The molecule has 2 nitrogen and oxygen atoms in total. The highest BCUT2D eigenvalue weighted by molar-refractivity contribution is 6.30. The van der Waals surface area contributed by atoms with Gasteiger partial charge in [-0.2, -0.15) is 13.2 Å². The Morgan fingerprint density at radius 1 is 1.13 bits per heavy atom. The third-order valence-electron chi connectivity index (χ3n) is 3.95. The lowest BCUT2D eigenvalue weighted by atomic mass is 10.0. The zero-order valence-corrected chi connectivity index (χ0v) is 13.2. The Bertz CT molecular complexity index is 713. The van der Waals surface area contributed by atoms with Gasteiger partial charge in [0.2, 0.25) is 0 Å². The van der Waals surface area contributed by atoms with Crippen molar-refractivity contribution in [1.82, 2.24) is 4.90 Å². The second-order valence-corrected chi connectivity index (χ2v) is 6.02. The number of benzene rings is 2. The minimum atomic E-state index is -4.38. The van der Waals surface area contributed by atoms with Gasteiger partial charge >= 0.3 is 6.18 Å². The summed E-state index contributed by atoms with van der Waals surface area (Å²) in [4.78, 5) is 1.97. The molecule has 1 aliphatic heterocycles. The van der Waals surface area contributed by atoms with Crippen molar-refractivity contribution in [2.75, 3.05) is 7.11 Å². The van der Waals surface area contributed by atoms with Crippen LogP contribution in [-0.2, 0) is 25.8 Å². The number of methoxy groups -OCH3 is 1. The van der Waals surface area contributed by atoms with Crippen molar-refractivity contribution in [2.45, 2.75) is 25.8 Å². The fourth-order valence-corrected chi connectivity index (χ4v) is 3.14. The van der Waals surface area contributed by atoms with Gasteiger partial charge in [0.25, 0.3) is 0 Å². The average Bonchev–Trinajstić information content (AvgIpc) is 2.88. The predicted octanol–water partition coefficient (Wildman–Crippen LogP) is 4.88. The Labute approximate surface area is 137 Å². The van der Waals surface area contributed by atoms with Crippen LogP contribution in [0.1, 0.15) is 22.3 Å². The van der Waals surface area contributed by atoms with Crippen molar-refractivity contribution < 1.29 is 17.9 Å². The molecule has 0 amide bonds. The number of halogens is 4. The van der Waals surface area contributed by atoms with E-state index in [9.17, 15) is 13.2 Å². The van der Waals surface area contributed by atoms with Crippen LogP contribution in [0.3, 0.4) is 0 Å². The minimum Gasteiger partial charge on any atom is -0.497 e. The van der Waals surface area contributed by atoms with Gasteiger partial charge in [0, 0.05) is 24.7 Å². The molecule has 3 rings (SSSR count). The van der Waals surface area contributed by atoms with E-state index in [4.69, 9.17) is 16.3 Å². The molecule has 0 fully saturated rings. The summed E-state index contributed by atoms with van der Waals surface area (Å²) in [5.74, 6) is 0.754. The molecule has 0 radical (unpaired) electrons. The molecule has 0 aromatic heterocycles. The maximum atomic E-state index is 13.2. The fourth-order valence-electron chi connectivity index (χ4n) is 2.90. The number of hydrogen-bond acceptors (Lipinski definition) is 2. The first-order valence-electron chi connectivity index (χ1n) is 7.10. The molecule has 0 N–H and O–H groups in total. The van der Waals surface area contributed by atoms with Crippen LogP contribution in [0.25, 0.3) is 0 Å². The van der Waals surface area contributed by atoms with Crippen LogP contribution in [0.5, 0.6) is 5.75 Å². The lowest BCUT2D eigenvalue weighted by molar-refractivity contribution is -0.138. The summed E-state index contributed by atoms with van der Waals surface area (Å²) in [6.07, 6.45) is -4.38. The summed E-state index contributed by atoms with van der Waals surface area (Å²) in [6, 6.07) is 10.2. The smallest absolute Gasteiger partial charge is 0.416 e. The molecule has 0 bridgehead atoms. The fraction of sp³-hybridized carbons (Fsp3) is 0.294. The van der Waals surface area contributed by atoms with Crippen LogP contribution in [0.4, 0.5) is 13.2 Å². The molecule has 1 heterocycles. The molecular formula is C17H15ClF3NO. The highest BCUT2D eigenvalue weighted by Crippen LogP contribution is 2.39. The summed E-state index contributed by atoms with van der Waals surface area (Å²) in [6.45, 7) is 1.31. The Morgan fingerprint density at radius 2 is 1.83 bits per heavy atom. The highest BCUT2D eigenvalue weighted by atomic mass is 35.5. The second-order valence-electron chi connectivity index (χ2n) is 5.58. The maximum absolute atomic E-state index is 13.2. The van der Waals surface area contributed by atoms with Gasteiger partial charge in [0.1, 0.15) is 5.75 Å². The number of rotatable bonds is 3. The normalized spacial score (nSPS) is 14.8. The van der Waals surface area contributed by atoms with Gasteiger partial charge in [0.05, 0.1) is 12.7 Å². The van der Waals surface area contributed by atoms with E-state index in [2.05, 4.69) is 0 Å². The molecule has 1 aliphatic rings. The van der Waals surface area contributed by atoms with Gasteiger partial charge in [-0.3, -0.25) is 4.90 Å². The molecule has 0 saturated heterocycles. The first-order valence-corrected chi connectivity index (χ1v) is 7.48. The van der Waals surface area contributed by atoms with Crippen LogP contribution in [0, 0.1) is 0 Å². The van der Waals surface area contributed by atoms with Gasteiger partial charge in [0.15, 0.2) is 0 Å². The number of hydrogen-bond donors (Lipinski definition) is 0. The topological polar surface area (TPSA) is 12.5 Å². The van der Waals surface area contributed by atoms with Gasteiger partial charge < -0.3 is 4.74 Å². The molecule has 0 atom stereocenters. The van der Waals surface area contributed by atoms with Gasteiger partial charge in [-0.15, -0.1) is 0 Å². The lowest BCUT2D eigenvalue weighted by Crippen LogP contribution is -2.16. The molecule has 2 aromatic rings. The molecule has 6 heteroatoms. The van der Waals surface area contributed by atoms with Crippen molar-refractivity contribution in [3.05, 3.63) is 63.7 Å². The largest absolute Gasteiger partial charge is 0.497 e. The summed E-state index contributed by atoms with van der Waals surface area (Å²) in [5.41, 5.74) is 1.38. The quantitative estimate of drug-likeness (QED) is 0.788. The Balaban J connectivity index is 1.81. The monoisotopic (exact) mass is 341 g/mol. The summed E-state index contributed by atoms with van der Waals surface area (Å²) in [5, 5.41) is 0.127. The molecule has 2 aromatic carbocycles. The molecule has 0 saturated carbocycles. The molecule has 0 unspecified atom stereocenters. The molecule has 0 aliphatic carbocycles. The Morgan fingerprint density at radius 3 is 2.43 bits per heavy atom. The zero-order chi connectivity index (χ0) is 16.6. The third-order valence-corrected chi connectivity index (χ3v) is 4.17. The summed E-state index contributed by atoms with van der Waals surface area (Å²) >= 11 is 5.84. The number of nitrogens with zero attached hydrogens (tertiary/aromatic N) is 1. The standard InChI is InChI=1S/C17H15ClF3NO/c1-23-14-4-2-11(3-5-14)8-22-9-12-6-13(18)7-16(15(12)10-22)17(19,20)21/h2-7H,8-10H2,1H3. The van der Waals surface area contributed by atoms with Gasteiger partial charge in [-0.05, 0) is 41.0 Å². The van der Waals surface area contributed by atoms with E-state index < -0.39 is 11.7 Å². The summed E-state index contributed by atoms with van der Waals surface area (Å²) in [7, 11) is 1.59. The average molecular weight is 342 g/mol. The maximum Gasteiger partial charge on any atom is 0.416 e. The van der Waals surface area contributed by atoms with Crippen molar-refractivity contribution in [1.29, 1.82) is 0 Å². The number of alkyl halides is 3. The van der Waals surface area contributed by atoms with E-state index in [0.29, 0.717) is 24.2 Å². The van der Waals surface area contributed by atoms with Crippen LogP contribution in [-0.4, -0.2) is 12.0 Å². The summed E-state index contributed by atoms with van der Waals surface area (Å²) < 4.78 is 44.6. The molecular weight excluding hydrogens is 327 g/mol. The van der Waals surface area contributed by atoms with E-state index in [1.54, 1.807) is 13.2 Å². The Kier molecular flexibility index (Phi) is 4.25. The third kappa shape index (κ3) is 3.46. The first kappa shape index (κ1) is 16.1. The predicted molar refractivity (Wildman–Crippen MR) is 82.4 cm³/mol. The minimum absolute atomic E-state index is 0.127. The second kappa shape index (κ2) is 6.06. The van der Waals surface area contributed by atoms with E-state index in [1.165, 1.54) is 0 Å². The van der Waals surface area contributed by atoms with Crippen molar-refractivity contribution in [3.63, 3.8) is 0 Å². The van der Waals surface area contributed by atoms with E-state index in [-0.39, 0.29) is 11.6 Å². The van der Waals surface area contributed by atoms with E-state index in [1.807, 2.05) is 29.2 Å². The van der Waals surface area contributed by atoms with Crippen molar-refractivity contribution in [2.24, 2.45) is 0 Å². The van der Waals surface area contributed by atoms with Crippen LogP contribution in [0.2, 0.25) is 5.02 Å². The zero-order valence-electron chi connectivity index (χ0n) is 12.5. The van der Waals surface area contributed by atoms with Crippen LogP contribution >= 0.6 is 11.6 Å². The van der Waals surface area contributed by atoms with E-state index in [0.717, 1.165) is 17.4 Å². The molecule has 122 valence electrons. The van der Waals surface area contributed by atoms with Crippen molar-refractivity contribution in [3.8, 4) is 5.75 Å².